The zero-order valence-electron chi connectivity index (χ0n) is 18.0. The highest BCUT2D eigenvalue weighted by Gasteiger charge is 2.25. The lowest BCUT2D eigenvalue weighted by molar-refractivity contribution is 0.0982. The van der Waals surface area contributed by atoms with Crippen LogP contribution in [0.3, 0.4) is 0 Å². The van der Waals surface area contributed by atoms with Crippen LogP contribution in [0.4, 0.5) is 5.13 Å². The molecule has 2 aromatic heterocycles. The summed E-state index contributed by atoms with van der Waals surface area (Å²) >= 11 is 1.50. The third-order valence-electron chi connectivity index (χ3n) is 5.14. The number of thiazole rings is 1. The number of aromatic nitrogens is 2. The van der Waals surface area contributed by atoms with Gasteiger partial charge in [0, 0.05) is 6.20 Å². The molecule has 5 nitrogen and oxygen atoms in total. The normalized spacial score (nSPS) is 10.8. The van der Waals surface area contributed by atoms with Crippen LogP contribution in [-0.4, -0.2) is 15.9 Å². The Morgan fingerprint density at radius 3 is 2.55 bits per heavy atom. The number of aryl methyl sites for hydroxylation is 1. The number of fused-ring (bicyclic) bond motifs is 1. The first kappa shape index (κ1) is 20.8. The molecule has 162 valence electrons. The van der Waals surface area contributed by atoms with Crippen molar-refractivity contribution >= 4 is 32.6 Å². The molecule has 0 N–H and O–H groups in total. The molecule has 5 aromatic rings. The molecule has 0 atom stereocenters. The Balaban J connectivity index is 1.56. The van der Waals surface area contributed by atoms with Crippen molar-refractivity contribution in [2.45, 2.75) is 13.5 Å². The highest BCUT2D eigenvalue weighted by atomic mass is 32.1. The second-order valence-electron chi connectivity index (χ2n) is 7.59. The van der Waals surface area contributed by atoms with Crippen LogP contribution in [0.1, 0.15) is 21.6 Å². The fourth-order valence-corrected chi connectivity index (χ4v) is 4.57. The molecule has 0 unspecified atom stereocenters. The van der Waals surface area contributed by atoms with E-state index in [1.54, 1.807) is 23.2 Å². The van der Waals surface area contributed by atoms with E-state index < -0.39 is 0 Å². The number of rotatable bonds is 6. The molecular formula is C27H21N3O2S. The Morgan fingerprint density at radius 2 is 1.73 bits per heavy atom. The minimum Gasteiger partial charge on any atom is -0.457 e. The van der Waals surface area contributed by atoms with Crippen LogP contribution in [-0.2, 0) is 6.54 Å². The third-order valence-corrected chi connectivity index (χ3v) is 6.18. The van der Waals surface area contributed by atoms with Crippen LogP contribution >= 0.6 is 11.3 Å². The smallest absolute Gasteiger partial charge is 0.264 e. The van der Waals surface area contributed by atoms with E-state index in [1.165, 1.54) is 11.3 Å². The van der Waals surface area contributed by atoms with Gasteiger partial charge in [0.25, 0.3) is 5.91 Å². The zero-order valence-corrected chi connectivity index (χ0v) is 18.8. The Bertz CT molecular complexity index is 1400. The maximum Gasteiger partial charge on any atom is 0.264 e. The first-order valence-corrected chi connectivity index (χ1v) is 11.4. The highest BCUT2D eigenvalue weighted by molar-refractivity contribution is 7.22. The van der Waals surface area contributed by atoms with E-state index in [0.717, 1.165) is 21.5 Å². The van der Waals surface area contributed by atoms with E-state index in [1.807, 2.05) is 79.7 Å². The molecule has 5 rings (SSSR count). The quantitative estimate of drug-likeness (QED) is 0.290. The topological polar surface area (TPSA) is 55.3 Å². The van der Waals surface area contributed by atoms with Crippen LogP contribution in [0, 0.1) is 6.92 Å². The first-order valence-electron chi connectivity index (χ1n) is 10.6. The molecule has 6 heteroatoms. The number of ether oxygens (including phenoxy) is 1. The molecule has 0 saturated carbocycles. The molecular weight excluding hydrogens is 430 g/mol. The number of pyridine rings is 1. The van der Waals surface area contributed by atoms with E-state index in [-0.39, 0.29) is 5.91 Å². The van der Waals surface area contributed by atoms with Gasteiger partial charge in [-0.05, 0) is 61.0 Å². The molecule has 0 bridgehead atoms. The van der Waals surface area contributed by atoms with Gasteiger partial charge < -0.3 is 4.74 Å². The molecule has 2 heterocycles. The fourth-order valence-electron chi connectivity index (χ4n) is 3.51. The fraction of sp³-hybridized carbons (Fsp3) is 0.0741. The number of anilines is 1. The van der Waals surface area contributed by atoms with Gasteiger partial charge in [-0.2, -0.15) is 0 Å². The maximum atomic E-state index is 13.9. The largest absolute Gasteiger partial charge is 0.457 e. The summed E-state index contributed by atoms with van der Waals surface area (Å²) in [7, 11) is 0. The molecule has 33 heavy (non-hydrogen) atoms. The Labute approximate surface area is 195 Å². The summed E-state index contributed by atoms with van der Waals surface area (Å²) < 4.78 is 7.10. The van der Waals surface area contributed by atoms with Gasteiger partial charge in [-0.1, -0.05) is 53.8 Å². The van der Waals surface area contributed by atoms with Crippen molar-refractivity contribution in [1.82, 2.24) is 9.97 Å². The number of amides is 1. The summed E-state index contributed by atoms with van der Waals surface area (Å²) in [5.41, 5.74) is 3.27. The van der Waals surface area contributed by atoms with Gasteiger partial charge in [-0.15, -0.1) is 0 Å². The Morgan fingerprint density at radius 1 is 0.939 bits per heavy atom. The average molecular weight is 452 g/mol. The van der Waals surface area contributed by atoms with Gasteiger partial charge in [0.15, 0.2) is 5.13 Å². The van der Waals surface area contributed by atoms with Gasteiger partial charge >= 0.3 is 0 Å². The third kappa shape index (κ3) is 4.61. The van der Waals surface area contributed by atoms with Gasteiger partial charge in [0.1, 0.15) is 11.5 Å². The number of para-hydroxylation sites is 2. The summed E-state index contributed by atoms with van der Waals surface area (Å²) in [6.07, 6.45) is 1.73. The average Bonchev–Trinajstić information content (AvgIpc) is 3.27. The van der Waals surface area contributed by atoms with Crippen molar-refractivity contribution in [2.75, 3.05) is 4.90 Å². The summed E-state index contributed by atoms with van der Waals surface area (Å²) in [4.78, 5) is 24.8. The molecule has 0 aliphatic rings. The molecule has 0 fully saturated rings. The lowest BCUT2D eigenvalue weighted by Crippen LogP contribution is -2.31. The monoisotopic (exact) mass is 451 g/mol. The minimum atomic E-state index is -0.192. The van der Waals surface area contributed by atoms with Crippen molar-refractivity contribution in [3.8, 4) is 11.5 Å². The second-order valence-corrected chi connectivity index (χ2v) is 8.60. The van der Waals surface area contributed by atoms with Gasteiger partial charge in [0.2, 0.25) is 0 Å². The number of nitrogens with zero attached hydrogens (tertiary/aromatic N) is 3. The number of carbonyl (C=O) groups excluding carboxylic acids is 1. The molecule has 0 saturated heterocycles. The highest BCUT2D eigenvalue weighted by Crippen LogP contribution is 2.33. The number of benzene rings is 3. The second kappa shape index (κ2) is 9.22. The Kier molecular flexibility index (Phi) is 5.83. The van der Waals surface area contributed by atoms with Gasteiger partial charge in [-0.25, -0.2) is 4.98 Å². The van der Waals surface area contributed by atoms with E-state index in [9.17, 15) is 4.79 Å². The van der Waals surface area contributed by atoms with Crippen molar-refractivity contribution in [2.24, 2.45) is 0 Å². The van der Waals surface area contributed by atoms with Crippen molar-refractivity contribution in [3.05, 3.63) is 114 Å². The van der Waals surface area contributed by atoms with Crippen molar-refractivity contribution in [1.29, 1.82) is 0 Å². The van der Waals surface area contributed by atoms with Gasteiger partial charge in [-0.3, -0.25) is 14.7 Å². The number of hydrogen-bond acceptors (Lipinski definition) is 5. The summed E-state index contributed by atoms with van der Waals surface area (Å²) in [6, 6.07) is 28.5. The van der Waals surface area contributed by atoms with E-state index in [2.05, 4.69) is 11.1 Å². The molecule has 0 aliphatic carbocycles. The van der Waals surface area contributed by atoms with Crippen molar-refractivity contribution < 1.29 is 9.53 Å². The van der Waals surface area contributed by atoms with Crippen LogP contribution < -0.4 is 9.64 Å². The van der Waals surface area contributed by atoms with Crippen molar-refractivity contribution in [3.63, 3.8) is 0 Å². The summed E-state index contributed by atoms with van der Waals surface area (Å²) in [5.74, 6) is 0.976. The molecule has 1 amide bonds. The molecule has 3 aromatic carbocycles. The summed E-state index contributed by atoms with van der Waals surface area (Å²) in [6.45, 7) is 2.35. The van der Waals surface area contributed by atoms with Crippen LogP contribution in [0.15, 0.2) is 97.2 Å². The maximum absolute atomic E-state index is 13.9. The zero-order chi connectivity index (χ0) is 22.6. The molecule has 0 aliphatic heterocycles. The Hall–Kier alpha value is -4.03. The summed E-state index contributed by atoms with van der Waals surface area (Å²) in [5, 5.41) is 0.626. The standard InChI is InChI=1S/C27H21N3O2S/c1-19-14-15-23-25(17-19)33-27(29-23)30(18-20-9-7-8-16-28-20)26(31)22-12-5-6-13-24(22)32-21-10-3-2-4-11-21/h2-17H,18H2,1H3. The van der Waals surface area contributed by atoms with E-state index >= 15 is 0 Å². The predicted octanol–water partition coefficient (Wildman–Crippen LogP) is 6.64. The lowest BCUT2D eigenvalue weighted by atomic mass is 10.1. The number of carbonyl (C=O) groups is 1. The van der Waals surface area contributed by atoms with Crippen LogP contribution in [0.2, 0.25) is 0 Å². The van der Waals surface area contributed by atoms with E-state index in [4.69, 9.17) is 9.72 Å². The predicted molar refractivity (Wildman–Crippen MR) is 132 cm³/mol. The first-order chi connectivity index (χ1) is 16.2. The minimum absolute atomic E-state index is 0.192. The van der Waals surface area contributed by atoms with Crippen LogP contribution in [0.25, 0.3) is 10.2 Å². The lowest BCUT2D eigenvalue weighted by Gasteiger charge is -2.21. The molecule has 0 radical (unpaired) electrons. The van der Waals surface area contributed by atoms with Gasteiger partial charge in [0.05, 0.1) is 28.0 Å². The molecule has 0 spiro atoms. The van der Waals surface area contributed by atoms with Crippen LogP contribution in [0.5, 0.6) is 11.5 Å². The number of hydrogen-bond donors (Lipinski definition) is 0. The SMILES string of the molecule is Cc1ccc2nc(N(Cc3ccccn3)C(=O)c3ccccc3Oc3ccccc3)sc2c1. The van der Waals surface area contributed by atoms with E-state index in [0.29, 0.717) is 28.7 Å².